The Balaban J connectivity index is 3.44. The highest BCUT2D eigenvalue weighted by atomic mass is 16.5. The van der Waals surface area contributed by atoms with Crippen LogP contribution in [0.4, 0.5) is 0 Å². The number of rotatable bonds is 2. The van der Waals surface area contributed by atoms with E-state index in [4.69, 9.17) is 20.4 Å². The first-order valence-corrected chi connectivity index (χ1v) is 2.96. The van der Waals surface area contributed by atoms with Crippen LogP contribution >= 0.6 is 0 Å². The van der Waals surface area contributed by atoms with Gasteiger partial charge in [0.05, 0.1) is 0 Å². The van der Waals surface area contributed by atoms with Crippen molar-refractivity contribution in [1.82, 2.24) is 0 Å². The third-order valence-electron chi connectivity index (χ3n) is 1.27. The van der Waals surface area contributed by atoms with Crippen LogP contribution in [0.1, 0.15) is 20.9 Å². The Kier molecular flexibility index (Phi) is 1.85. The van der Waals surface area contributed by atoms with Gasteiger partial charge in [-0.25, -0.2) is 9.59 Å². The Hall–Kier alpha value is -2.18. The first-order chi connectivity index (χ1) is 5.95. The lowest BCUT2D eigenvalue weighted by atomic mass is 10.2. The van der Waals surface area contributed by atoms with Gasteiger partial charge in [0.25, 0.3) is 0 Å². The van der Waals surface area contributed by atoms with Gasteiger partial charge in [0.2, 0.25) is 11.5 Å². The molecule has 13 heavy (non-hydrogen) atoms. The van der Waals surface area contributed by atoms with Crippen molar-refractivity contribution in [1.29, 1.82) is 0 Å². The summed E-state index contributed by atoms with van der Waals surface area (Å²) in [6.45, 7) is 0. The van der Waals surface area contributed by atoms with Gasteiger partial charge < -0.3 is 24.8 Å². The van der Waals surface area contributed by atoms with Crippen LogP contribution in [0.5, 0.6) is 11.7 Å². The lowest BCUT2D eigenvalue weighted by Gasteiger charge is -1.89. The molecule has 4 N–H and O–H groups in total. The molecule has 1 aromatic heterocycles. The van der Waals surface area contributed by atoms with Crippen LogP contribution in [0.15, 0.2) is 4.42 Å². The zero-order chi connectivity index (χ0) is 10.2. The highest BCUT2D eigenvalue weighted by molar-refractivity contribution is 6.02. The van der Waals surface area contributed by atoms with Crippen molar-refractivity contribution in [3.8, 4) is 11.7 Å². The number of hydrogen-bond donors (Lipinski definition) is 4. The van der Waals surface area contributed by atoms with Crippen molar-refractivity contribution in [3.05, 3.63) is 11.3 Å². The van der Waals surface area contributed by atoms with E-state index in [-0.39, 0.29) is 0 Å². The average molecular weight is 188 g/mol. The predicted molar refractivity (Wildman–Crippen MR) is 36.0 cm³/mol. The van der Waals surface area contributed by atoms with E-state index in [1.807, 2.05) is 0 Å². The van der Waals surface area contributed by atoms with Gasteiger partial charge in [-0.05, 0) is 0 Å². The quantitative estimate of drug-likeness (QED) is 0.517. The fourth-order valence-corrected chi connectivity index (χ4v) is 0.760. The molecule has 0 atom stereocenters. The maximum atomic E-state index is 10.4. The van der Waals surface area contributed by atoms with E-state index >= 15 is 0 Å². The first kappa shape index (κ1) is 8.91. The molecule has 0 radical (unpaired) electrons. The second-order valence-electron chi connectivity index (χ2n) is 2.07. The Morgan fingerprint density at radius 2 is 1.62 bits per heavy atom. The molecule has 0 spiro atoms. The largest absolute Gasteiger partial charge is 0.501 e. The van der Waals surface area contributed by atoms with Crippen LogP contribution < -0.4 is 0 Å². The van der Waals surface area contributed by atoms with Crippen molar-refractivity contribution in [3.63, 3.8) is 0 Å². The minimum atomic E-state index is -1.70. The second kappa shape index (κ2) is 2.70. The van der Waals surface area contributed by atoms with Crippen molar-refractivity contribution >= 4 is 11.9 Å². The first-order valence-electron chi connectivity index (χ1n) is 2.96. The summed E-state index contributed by atoms with van der Waals surface area (Å²) >= 11 is 0. The molecule has 0 saturated carbocycles. The molecule has 1 rings (SSSR count). The highest BCUT2D eigenvalue weighted by Gasteiger charge is 2.29. The SMILES string of the molecule is O=C(O)c1oc(O)c(O)c1C(=O)O. The van der Waals surface area contributed by atoms with Crippen LogP contribution in [-0.2, 0) is 0 Å². The molecule has 0 amide bonds. The molecule has 0 fully saturated rings. The van der Waals surface area contributed by atoms with Gasteiger partial charge in [0.15, 0.2) is 5.56 Å². The topological polar surface area (TPSA) is 128 Å². The van der Waals surface area contributed by atoms with E-state index in [1.165, 1.54) is 0 Å². The van der Waals surface area contributed by atoms with Crippen molar-refractivity contribution in [2.45, 2.75) is 0 Å². The van der Waals surface area contributed by atoms with E-state index in [0.717, 1.165) is 0 Å². The third kappa shape index (κ3) is 1.26. The molecular weight excluding hydrogens is 184 g/mol. The van der Waals surface area contributed by atoms with E-state index < -0.39 is 35.0 Å². The molecule has 0 aliphatic rings. The summed E-state index contributed by atoms with van der Waals surface area (Å²) in [5, 5.41) is 34.3. The van der Waals surface area contributed by atoms with Gasteiger partial charge in [-0.15, -0.1) is 0 Å². The molecule has 0 unspecified atom stereocenters. The maximum absolute atomic E-state index is 10.4. The number of carboxylic acid groups (broad SMARTS) is 2. The Morgan fingerprint density at radius 3 is 1.92 bits per heavy atom. The van der Waals surface area contributed by atoms with Gasteiger partial charge in [-0.1, -0.05) is 0 Å². The normalized spacial score (nSPS) is 9.85. The lowest BCUT2D eigenvalue weighted by molar-refractivity contribution is 0.0621. The zero-order valence-corrected chi connectivity index (χ0v) is 6.01. The minimum Gasteiger partial charge on any atom is -0.501 e. The minimum absolute atomic E-state index is 0.968. The van der Waals surface area contributed by atoms with Gasteiger partial charge in [-0.3, -0.25) is 0 Å². The molecule has 1 heterocycles. The zero-order valence-electron chi connectivity index (χ0n) is 6.01. The number of carboxylic acids is 2. The van der Waals surface area contributed by atoms with Gasteiger partial charge >= 0.3 is 17.9 Å². The van der Waals surface area contributed by atoms with Crippen molar-refractivity contribution in [2.75, 3.05) is 0 Å². The highest BCUT2D eigenvalue weighted by Crippen LogP contribution is 2.34. The summed E-state index contributed by atoms with van der Waals surface area (Å²) in [6, 6.07) is 0. The fourth-order valence-electron chi connectivity index (χ4n) is 0.760. The molecule has 7 heteroatoms. The molecule has 0 saturated heterocycles. The van der Waals surface area contributed by atoms with Gasteiger partial charge in [0.1, 0.15) is 0 Å². The van der Waals surface area contributed by atoms with Crippen molar-refractivity contribution < 1.29 is 34.4 Å². The molecule has 0 aromatic carbocycles. The van der Waals surface area contributed by atoms with Crippen LogP contribution in [0.2, 0.25) is 0 Å². The molecule has 1 aromatic rings. The summed E-state index contributed by atoms with van der Waals surface area (Å²) in [5.41, 5.74) is -0.968. The number of hydrogen-bond acceptors (Lipinski definition) is 5. The predicted octanol–water partition coefficient (Wildman–Crippen LogP) is 0.0872. The van der Waals surface area contributed by atoms with Crippen LogP contribution in [0.3, 0.4) is 0 Å². The van der Waals surface area contributed by atoms with E-state index in [0.29, 0.717) is 0 Å². The van der Waals surface area contributed by atoms with E-state index in [9.17, 15) is 9.59 Å². The molecule has 0 aliphatic heterocycles. The summed E-state index contributed by atoms with van der Waals surface area (Å²) in [6.07, 6.45) is 0. The Bertz CT molecular complexity index is 375. The second-order valence-corrected chi connectivity index (χ2v) is 2.07. The van der Waals surface area contributed by atoms with E-state index in [2.05, 4.69) is 4.42 Å². The number of carbonyl (C=O) groups is 2. The number of aromatic hydroxyl groups is 2. The monoisotopic (exact) mass is 188 g/mol. The summed E-state index contributed by atoms with van der Waals surface area (Å²) < 4.78 is 4.09. The molecule has 7 nitrogen and oxygen atoms in total. The fraction of sp³-hybridized carbons (Fsp3) is 0. The smallest absolute Gasteiger partial charge is 0.373 e. The summed E-state index contributed by atoms with van der Waals surface area (Å²) in [5.74, 6) is -6.62. The Labute approximate surface area is 70.5 Å². The third-order valence-corrected chi connectivity index (χ3v) is 1.27. The standard InChI is InChI=1S/C6H4O7/c7-2-1(4(8)9)3(5(10)11)13-6(2)12/h7,12H,(H,8,9)(H,10,11). The maximum Gasteiger partial charge on any atom is 0.373 e. The van der Waals surface area contributed by atoms with Crippen LogP contribution in [0.25, 0.3) is 0 Å². The molecule has 0 aliphatic carbocycles. The number of aromatic carboxylic acids is 2. The molecular formula is C6H4O7. The summed E-state index contributed by atoms with van der Waals surface area (Å²) in [7, 11) is 0. The Morgan fingerprint density at radius 1 is 1.08 bits per heavy atom. The molecule has 0 bridgehead atoms. The number of furan rings is 1. The van der Waals surface area contributed by atoms with E-state index in [1.54, 1.807) is 0 Å². The lowest BCUT2D eigenvalue weighted by Crippen LogP contribution is -2.04. The van der Waals surface area contributed by atoms with Gasteiger partial charge in [0, 0.05) is 0 Å². The van der Waals surface area contributed by atoms with Crippen LogP contribution in [0, 0.1) is 0 Å². The summed E-state index contributed by atoms with van der Waals surface area (Å²) in [4.78, 5) is 20.7. The van der Waals surface area contributed by atoms with Gasteiger partial charge in [-0.2, -0.15) is 0 Å². The average Bonchev–Trinajstić information content (AvgIpc) is 2.28. The molecule has 70 valence electrons. The van der Waals surface area contributed by atoms with Crippen molar-refractivity contribution in [2.24, 2.45) is 0 Å². The van der Waals surface area contributed by atoms with Crippen LogP contribution in [-0.4, -0.2) is 32.4 Å².